The molecule has 1 aliphatic heterocycles. The molecule has 0 saturated carbocycles. The molecule has 0 saturated heterocycles. The fourth-order valence-corrected chi connectivity index (χ4v) is 2.21. The van der Waals surface area contributed by atoms with Crippen molar-refractivity contribution in [3.63, 3.8) is 0 Å². The Balaban J connectivity index is 0.00000128. The van der Waals surface area contributed by atoms with Gasteiger partial charge < -0.3 is 11.1 Å². The minimum absolute atomic E-state index is 0. The lowest BCUT2D eigenvalue weighted by molar-refractivity contribution is -0.110. The number of nitrogens with two attached hydrogens (primary N) is 1. The van der Waals surface area contributed by atoms with Crippen molar-refractivity contribution in [3.8, 4) is 0 Å². The summed E-state index contributed by atoms with van der Waals surface area (Å²) in [5.74, 6) is -0.458. The Labute approximate surface area is 103 Å². The molecule has 1 aliphatic rings. The van der Waals surface area contributed by atoms with Crippen LogP contribution in [0.2, 0.25) is 0 Å². The number of nitrogens with one attached hydrogen (secondary N) is 1. The van der Waals surface area contributed by atoms with Crippen molar-refractivity contribution in [2.45, 2.75) is 11.3 Å². The number of thioether (sulfide) groups is 1. The summed E-state index contributed by atoms with van der Waals surface area (Å²) >= 11 is 1.20. The van der Waals surface area contributed by atoms with Crippen LogP contribution in [0.3, 0.4) is 0 Å². The Morgan fingerprint density at radius 1 is 1.44 bits per heavy atom. The van der Waals surface area contributed by atoms with E-state index in [2.05, 4.69) is 5.32 Å². The first-order chi connectivity index (χ1) is 7.16. The first kappa shape index (κ1) is 12.9. The average Bonchev–Trinajstić information content (AvgIpc) is 2.37. The van der Waals surface area contributed by atoms with Crippen molar-refractivity contribution < 1.29 is 9.59 Å². The molecule has 0 aromatic heterocycles. The molecule has 0 fully saturated rings. The molecule has 4 nitrogen and oxygen atoms in total. The summed E-state index contributed by atoms with van der Waals surface area (Å²) in [5, 5.41) is 3.23. The molecule has 0 unspecified atom stereocenters. The van der Waals surface area contributed by atoms with Gasteiger partial charge in [0.1, 0.15) is 0 Å². The van der Waals surface area contributed by atoms with Crippen LogP contribution < -0.4 is 11.1 Å². The van der Waals surface area contributed by atoms with Gasteiger partial charge in [0.25, 0.3) is 0 Å². The van der Waals surface area contributed by atoms with Gasteiger partial charge in [-0.1, -0.05) is 0 Å². The maximum Gasteiger partial charge on any atom is 0.248 e. The molecule has 0 bridgehead atoms. The van der Waals surface area contributed by atoms with Gasteiger partial charge in [-0.05, 0) is 30.0 Å². The van der Waals surface area contributed by atoms with Crippen LogP contribution in [0.25, 0.3) is 0 Å². The third-order valence-electron chi connectivity index (χ3n) is 2.13. The summed E-state index contributed by atoms with van der Waals surface area (Å²) in [6, 6.07) is 5.06. The van der Waals surface area contributed by atoms with Crippen molar-refractivity contribution in [1.82, 2.24) is 0 Å². The number of primary amides is 1. The van der Waals surface area contributed by atoms with Gasteiger partial charge in [-0.3, -0.25) is 9.59 Å². The summed E-state index contributed by atoms with van der Waals surface area (Å²) < 4.78 is 0. The minimum Gasteiger partial charge on any atom is -0.384 e. The molecule has 0 radical (unpaired) electrons. The first-order valence-electron chi connectivity index (χ1n) is 4.55. The first-order valence-corrected chi connectivity index (χ1v) is 5.37. The summed E-state index contributed by atoms with van der Waals surface area (Å²) in [6.07, 6.45) is 0.491. The number of halogens is 1. The van der Waals surface area contributed by atoms with Gasteiger partial charge in [-0.25, -0.2) is 0 Å². The topological polar surface area (TPSA) is 72.2 Å². The largest absolute Gasteiger partial charge is 0.384 e. The maximum absolute atomic E-state index is 11.3. The molecule has 0 atom stereocenters. The fraction of sp³-hybridized carbons (Fsp3) is 0.200. The Morgan fingerprint density at radius 2 is 2.19 bits per heavy atom. The van der Waals surface area contributed by atoms with Crippen molar-refractivity contribution in [2.75, 3.05) is 11.9 Å². The molecule has 86 valence electrons. The minimum atomic E-state index is -0.458. The fourth-order valence-electron chi connectivity index (χ4n) is 1.38. The van der Waals surface area contributed by atoms with Gasteiger partial charge in [0, 0.05) is 29.1 Å². The van der Waals surface area contributed by atoms with Crippen molar-refractivity contribution in [1.29, 1.82) is 0 Å². The van der Waals surface area contributed by atoms with Crippen molar-refractivity contribution >= 4 is 40.9 Å². The molecule has 1 aromatic carbocycles. The second kappa shape index (κ2) is 5.23. The number of carbonyl (C=O) groups excluding carboxylic acids is 2. The molecular weight excluding hydrogens is 248 g/mol. The van der Waals surface area contributed by atoms with Crippen LogP contribution in [0.15, 0.2) is 23.1 Å². The molecule has 3 N–H and O–H groups in total. The Kier molecular flexibility index (Phi) is 4.20. The Morgan fingerprint density at radius 3 is 2.88 bits per heavy atom. The summed E-state index contributed by atoms with van der Waals surface area (Å²) in [6.45, 7) is 0.598. The van der Waals surface area contributed by atoms with Gasteiger partial charge in [0.2, 0.25) is 5.91 Å². The monoisotopic (exact) mass is 258 g/mol. The van der Waals surface area contributed by atoms with Crippen LogP contribution in [0.1, 0.15) is 16.8 Å². The zero-order valence-electron chi connectivity index (χ0n) is 8.36. The van der Waals surface area contributed by atoms with E-state index in [1.54, 1.807) is 18.2 Å². The SMILES string of the molecule is Cl.NC(=O)c1ccc2c(c1)NCCC(=O)S2. The molecular formula is C10H11ClN2O2S. The molecule has 2 rings (SSSR count). The van der Waals surface area contributed by atoms with Gasteiger partial charge >= 0.3 is 0 Å². The van der Waals surface area contributed by atoms with Crippen LogP contribution in [-0.2, 0) is 4.79 Å². The number of hydrogen-bond acceptors (Lipinski definition) is 4. The van der Waals surface area contributed by atoms with Crippen molar-refractivity contribution in [2.24, 2.45) is 5.73 Å². The van der Waals surface area contributed by atoms with E-state index >= 15 is 0 Å². The van der Waals surface area contributed by atoms with Crippen LogP contribution in [0, 0.1) is 0 Å². The average molecular weight is 259 g/mol. The summed E-state index contributed by atoms with van der Waals surface area (Å²) in [4.78, 5) is 23.1. The van der Waals surface area contributed by atoms with Crippen LogP contribution >= 0.6 is 24.2 Å². The number of hydrogen-bond donors (Lipinski definition) is 2. The van der Waals surface area contributed by atoms with E-state index in [1.165, 1.54) is 11.8 Å². The smallest absolute Gasteiger partial charge is 0.248 e. The number of fused-ring (bicyclic) bond motifs is 1. The van der Waals surface area contributed by atoms with E-state index in [1.807, 2.05) is 0 Å². The highest BCUT2D eigenvalue weighted by molar-refractivity contribution is 8.13. The summed E-state index contributed by atoms with van der Waals surface area (Å²) in [7, 11) is 0. The number of anilines is 1. The van der Waals surface area contributed by atoms with Gasteiger partial charge in [-0.2, -0.15) is 0 Å². The highest BCUT2D eigenvalue weighted by atomic mass is 35.5. The van der Waals surface area contributed by atoms with Crippen molar-refractivity contribution in [3.05, 3.63) is 23.8 Å². The highest BCUT2D eigenvalue weighted by Crippen LogP contribution is 2.31. The molecule has 1 aromatic rings. The molecule has 16 heavy (non-hydrogen) atoms. The lowest BCUT2D eigenvalue weighted by Gasteiger charge is -2.06. The van der Waals surface area contributed by atoms with Gasteiger partial charge in [-0.15, -0.1) is 12.4 Å². The lowest BCUT2D eigenvalue weighted by atomic mass is 10.2. The molecule has 6 heteroatoms. The Hall–Kier alpha value is -1.20. The lowest BCUT2D eigenvalue weighted by Crippen LogP contribution is -2.11. The normalized spacial score (nSPS) is 14.1. The molecule has 0 aliphatic carbocycles. The standard InChI is InChI=1S/C10H10N2O2S.ClH/c11-10(14)6-1-2-8-7(5-6)12-4-3-9(13)15-8;/h1-2,5,12H,3-4H2,(H2,11,14);1H. The molecule has 1 heterocycles. The molecule has 1 amide bonds. The molecule has 0 spiro atoms. The van der Waals surface area contributed by atoms with E-state index in [9.17, 15) is 9.59 Å². The highest BCUT2D eigenvalue weighted by Gasteiger charge is 2.15. The predicted molar refractivity (Wildman–Crippen MR) is 66.2 cm³/mol. The number of benzene rings is 1. The van der Waals surface area contributed by atoms with E-state index in [0.717, 1.165) is 10.6 Å². The Bertz CT molecular complexity index is 437. The number of rotatable bonds is 1. The zero-order chi connectivity index (χ0) is 10.8. The van der Waals surface area contributed by atoms with Crippen LogP contribution in [0.5, 0.6) is 0 Å². The quantitative estimate of drug-likeness (QED) is 0.803. The summed E-state index contributed by atoms with van der Waals surface area (Å²) in [5.41, 5.74) is 6.44. The van der Waals surface area contributed by atoms with Crippen LogP contribution in [-0.4, -0.2) is 17.6 Å². The van der Waals surface area contributed by atoms with Gasteiger partial charge in [0.15, 0.2) is 5.12 Å². The maximum atomic E-state index is 11.3. The predicted octanol–water partition coefficient (Wildman–Crippen LogP) is 1.64. The second-order valence-corrected chi connectivity index (χ2v) is 4.33. The van der Waals surface area contributed by atoms with E-state index in [4.69, 9.17) is 5.73 Å². The zero-order valence-corrected chi connectivity index (χ0v) is 9.99. The van der Waals surface area contributed by atoms with Gasteiger partial charge in [0.05, 0.1) is 0 Å². The number of carbonyl (C=O) groups is 2. The third-order valence-corrected chi connectivity index (χ3v) is 3.14. The van der Waals surface area contributed by atoms with E-state index in [-0.39, 0.29) is 17.5 Å². The third kappa shape index (κ3) is 2.68. The van der Waals surface area contributed by atoms with Crippen LogP contribution in [0.4, 0.5) is 5.69 Å². The number of amides is 1. The second-order valence-electron chi connectivity index (χ2n) is 3.23. The van der Waals surface area contributed by atoms with E-state index in [0.29, 0.717) is 18.5 Å². The van der Waals surface area contributed by atoms with E-state index < -0.39 is 5.91 Å².